The van der Waals surface area contributed by atoms with E-state index in [1.54, 1.807) is 42.0 Å². The van der Waals surface area contributed by atoms with Crippen LogP contribution in [0, 0.1) is 6.92 Å². The molecule has 4 aromatic rings. The number of benzene rings is 2. The zero-order valence-corrected chi connectivity index (χ0v) is 17.8. The highest BCUT2D eigenvalue weighted by Gasteiger charge is 2.15. The predicted octanol–water partition coefficient (Wildman–Crippen LogP) is 2.47. The molecule has 160 valence electrons. The minimum atomic E-state index is -3.60. The van der Waals surface area contributed by atoms with Crippen LogP contribution in [0.25, 0.3) is 17.0 Å². The van der Waals surface area contributed by atoms with Gasteiger partial charge < -0.3 is 9.47 Å². The molecule has 0 fully saturated rings. The molecule has 2 aromatic carbocycles. The lowest BCUT2D eigenvalue weighted by Crippen LogP contribution is -2.28. The molecular weight excluding hydrogens is 418 g/mol. The van der Waals surface area contributed by atoms with Crippen molar-refractivity contribution in [3.05, 3.63) is 66.2 Å². The Morgan fingerprint density at radius 1 is 1.03 bits per heavy atom. The maximum Gasteiger partial charge on any atom is 0.240 e. The zero-order chi connectivity index (χ0) is 21.8. The van der Waals surface area contributed by atoms with Crippen LogP contribution < -0.4 is 14.2 Å². The van der Waals surface area contributed by atoms with Gasteiger partial charge in [-0.2, -0.15) is 4.52 Å². The SMILES string of the molecule is COc1ccccc1-c1nnc2ccc(OCCNS(=O)(=O)c3cccc(C)c3)nn12. The average molecular weight is 439 g/mol. The summed E-state index contributed by atoms with van der Waals surface area (Å²) in [6.45, 7) is 2.04. The summed E-state index contributed by atoms with van der Waals surface area (Å²) in [7, 11) is -2.02. The number of para-hydroxylation sites is 1. The van der Waals surface area contributed by atoms with Crippen molar-refractivity contribution in [3.63, 3.8) is 0 Å². The predicted molar refractivity (Wildman–Crippen MR) is 115 cm³/mol. The number of nitrogens with zero attached hydrogens (tertiary/aromatic N) is 4. The number of sulfonamides is 1. The van der Waals surface area contributed by atoms with Crippen LogP contribution in [0.1, 0.15) is 5.56 Å². The number of rotatable bonds is 8. The summed E-state index contributed by atoms with van der Waals surface area (Å²) in [4.78, 5) is 0.220. The van der Waals surface area contributed by atoms with Gasteiger partial charge in [-0.25, -0.2) is 13.1 Å². The van der Waals surface area contributed by atoms with E-state index in [1.165, 1.54) is 0 Å². The highest BCUT2D eigenvalue weighted by molar-refractivity contribution is 7.89. The molecule has 1 N–H and O–H groups in total. The standard InChI is InChI=1S/C21H21N5O4S/c1-15-6-5-7-16(14-15)31(27,28)22-12-13-30-20-11-10-19-23-24-21(26(19)25-20)17-8-3-4-9-18(17)29-2/h3-11,14,22H,12-13H2,1-2H3. The van der Waals surface area contributed by atoms with Gasteiger partial charge in [-0.05, 0) is 42.8 Å². The number of nitrogens with one attached hydrogen (secondary N) is 1. The molecule has 0 bridgehead atoms. The Hall–Kier alpha value is -3.50. The van der Waals surface area contributed by atoms with Crippen molar-refractivity contribution in [1.82, 2.24) is 24.5 Å². The summed E-state index contributed by atoms with van der Waals surface area (Å²) in [6, 6.07) is 17.5. The van der Waals surface area contributed by atoms with E-state index >= 15 is 0 Å². The fourth-order valence-corrected chi connectivity index (χ4v) is 4.16. The van der Waals surface area contributed by atoms with Crippen LogP contribution in [0.15, 0.2) is 65.6 Å². The van der Waals surface area contributed by atoms with Gasteiger partial charge in [-0.1, -0.05) is 24.3 Å². The molecule has 2 heterocycles. The number of aryl methyl sites for hydroxylation is 1. The van der Waals surface area contributed by atoms with Gasteiger partial charge in [-0.3, -0.25) is 0 Å². The zero-order valence-electron chi connectivity index (χ0n) is 17.0. The van der Waals surface area contributed by atoms with Crippen molar-refractivity contribution in [2.24, 2.45) is 0 Å². The topological polar surface area (TPSA) is 108 Å². The van der Waals surface area contributed by atoms with Crippen LogP contribution in [0.4, 0.5) is 0 Å². The molecule has 10 heteroatoms. The molecule has 0 saturated carbocycles. The lowest BCUT2D eigenvalue weighted by molar-refractivity contribution is 0.306. The van der Waals surface area contributed by atoms with Crippen molar-refractivity contribution in [1.29, 1.82) is 0 Å². The summed E-state index contributed by atoms with van der Waals surface area (Å²) < 4.78 is 39.9. The van der Waals surface area contributed by atoms with Crippen molar-refractivity contribution < 1.29 is 17.9 Å². The third kappa shape index (κ3) is 4.49. The van der Waals surface area contributed by atoms with E-state index in [2.05, 4.69) is 20.0 Å². The van der Waals surface area contributed by atoms with Gasteiger partial charge in [0.15, 0.2) is 11.5 Å². The van der Waals surface area contributed by atoms with Crippen LogP contribution in [0.2, 0.25) is 0 Å². The number of hydrogen-bond acceptors (Lipinski definition) is 7. The Labute approximate surface area is 179 Å². The summed E-state index contributed by atoms with van der Waals surface area (Å²) in [5, 5.41) is 12.8. The van der Waals surface area contributed by atoms with Crippen LogP contribution in [0.5, 0.6) is 11.6 Å². The fourth-order valence-electron chi connectivity index (χ4n) is 3.04. The molecule has 4 rings (SSSR count). The third-order valence-corrected chi connectivity index (χ3v) is 5.99. The largest absolute Gasteiger partial charge is 0.496 e. The molecular formula is C21H21N5O4S. The Morgan fingerprint density at radius 3 is 2.68 bits per heavy atom. The second kappa shape index (κ2) is 8.70. The molecule has 0 atom stereocenters. The molecule has 0 saturated heterocycles. The van der Waals surface area contributed by atoms with Gasteiger partial charge in [0.05, 0.1) is 17.6 Å². The quantitative estimate of drug-likeness (QED) is 0.420. The van der Waals surface area contributed by atoms with Gasteiger partial charge in [0.1, 0.15) is 12.4 Å². The normalized spacial score (nSPS) is 11.5. The van der Waals surface area contributed by atoms with Crippen LogP contribution in [-0.4, -0.2) is 48.5 Å². The van der Waals surface area contributed by atoms with E-state index in [4.69, 9.17) is 9.47 Å². The van der Waals surface area contributed by atoms with Gasteiger partial charge in [0, 0.05) is 12.6 Å². The van der Waals surface area contributed by atoms with Crippen LogP contribution >= 0.6 is 0 Å². The molecule has 0 aliphatic rings. The summed E-state index contributed by atoms with van der Waals surface area (Å²) >= 11 is 0. The van der Waals surface area contributed by atoms with Crippen molar-refractivity contribution >= 4 is 15.7 Å². The lowest BCUT2D eigenvalue weighted by atomic mass is 10.2. The number of methoxy groups -OCH3 is 1. The van der Waals surface area contributed by atoms with Gasteiger partial charge in [0.2, 0.25) is 15.9 Å². The van der Waals surface area contributed by atoms with E-state index in [0.717, 1.165) is 11.1 Å². The molecule has 0 aliphatic heterocycles. The number of fused-ring (bicyclic) bond motifs is 1. The highest BCUT2D eigenvalue weighted by Crippen LogP contribution is 2.28. The van der Waals surface area contributed by atoms with Crippen LogP contribution in [-0.2, 0) is 10.0 Å². The van der Waals surface area contributed by atoms with Crippen LogP contribution in [0.3, 0.4) is 0 Å². The summed E-state index contributed by atoms with van der Waals surface area (Å²) in [6.07, 6.45) is 0. The van der Waals surface area contributed by atoms with Crippen molar-refractivity contribution in [2.75, 3.05) is 20.3 Å². The molecule has 0 aliphatic carbocycles. The molecule has 0 spiro atoms. The maximum atomic E-state index is 12.4. The summed E-state index contributed by atoms with van der Waals surface area (Å²) in [5.41, 5.74) is 2.16. The second-order valence-electron chi connectivity index (χ2n) is 6.73. The Balaban J connectivity index is 1.46. The van der Waals surface area contributed by atoms with E-state index in [9.17, 15) is 8.42 Å². The van der Waals surface area contributed by atoms with Crippen molar-refractivity contribution in [2.45, 2.75) is 11.8 Å². The summed E-state index contributed by atoms with van der Waals surface area (Å²) in [5.74, 6) is 1.48. The monoisotopic (exact) mass is 439 g/mol. The van der Waals surface area contributed by atoms with Gasteiger partial charge in [-0.15, -0.1) is 15.3 Å². The third-order valence-electron chi connectivity index (χ3n) is 4.53. The second-order valence-corrected chi connectivity index (χ2v) is 8.50. The first-order valence-corrected chi connectivity index (χ1v) is 11.0. The van der Waals surface area contributed by atoms with E-state index in [1.807, 2.05) is 37.3 Å². The van der Waals surface area contributed by atoms with Gasteiger partial charge in [0.25, 0.3) is 0 Å². The number of aromatic nitrogens is 4. The van der Waals surface area contributed by atoms with E-state index in [-0.39, 0.29) is 18.0 Å². The minimum absolute atomic E-state index is 0.0948. The first kappa shape index (κ1) is 20.8. The highest BCUT2D eigenvalue weighted by atomic mass is 32.2. The van der Waals surface area contributed by atoms with E-state index in [0.29, 0.717) is 23.1 Å². The average Bonchev–Trinajstić information content (AvgIpc) is 3.20. The first-order valence-electron chi connectivity index (χ1n) is 9.53. The molecule has 0 radical (unpaired) electrons. The lowest BCUT2D eigenvalue weighted by Gasteiger charge is -2.09. The molecule has 2 aromatic heterocycles. The molecule has 9 nitrogen and oxygen atoms in total. The molecule has 31 heavy (non-hydrogen) atoms. The van der Waals surface area contributed by atoms with Crippen molar-refractivity contribution in [3.8, 4) is 23.0 Å². The Kier molecular flexibility index (Phi) is 5.83. The van der Waals surface area contributed by atoms with Gasteiger partial charge >= 0.3 is 0 Å². The number of hydrogen-bond donors (Lipinski definition) is 1. The first-order chi connectivity index (χ1) is 15.0. The smallest absolute Gasteiger partial charge is 0.240 e. The molecule has 0 amide bonds. The Morgan fingerprint density at radius 2 is 1.87 bits per heavy atom. The maximum absolute atomic E-state index is 12.4. The fraction of sp³-hybridized carbons (Fsp3) is 0.190. The Bertz CT molecular complexity index is 1320. The minimum Gasteiger partial charge on any atom is -0.496 e. The van der Waals surface area contributed by atoms with E-state index < -0.39 is 10.0 Å². The number of ether oxygens (including phenoxy) is 2. The molecule has 0 unspecified atom stereocenters.